The molecule has 0 saturated heterocycles. The van der Waals surface area contributed by atoms with Gasteiger partial charge in [0.15, 0.2) is 0 Å². The van der Waals surface area contributed by atoms with E-state index in [2.05, 4.69) is 19.2 Å². The molecule has 0 amide bonds. The molecule has 0 fully saturated rings. The average molecular weight is 286 g/mol. The molecular formula is C15H24ClNO2. The maximum Gasteiger partial charge on any atom is 0.137 e. The predicted octanol–water partition coefficient (Wildman–Crippen LogP) is 3.24. The molecule has 108 valence electrons. The van der Waals surface area contributed by atoms with Crippen LogP contribution in [-0.4, -0.2) is 24.4 Å². The molecule has 1 aromatic rings. The predicted molar refractivity (Wildman–Crippen MR) is 79.8 cm³/mol. The van der Waals surface area contributed by atoms with Gasteiger partial charge in [-0.2, -0.15) is 0 Å². The van der Waals surface area contributed by atoms with Crippen molar-refractivity contribution in [3.8, 4) is 5.75 Å². The summed E-state index contributed by atoms with van der Waals surface area (Å²) in [6, 6.07) is 5.70. The Morgan fingerprint density at radius 3 is 2.63 bits per heavy atom. The number of aliphatic hydroxyl groups is 1. The van der Waals surface area contributed by atoms with Crippen LogP contribution < -0.4 is 10.1 Å². The highest BCUT2D eigenvalue weighted by molar-refractivity contribution is 6.32. The van der Waals surface area contributed by atoms with Crippen molar-refractivity contribution >= 4 is 11.6 Å². The van der Waals surface area contributed by atoms with Gasteiger partial charge in [0, 0.05) is 13.1 Å². The third-order valence-corrected chi connectivity index (χ3v) is 3.19. The van der Waals surface area contributed by atoms with Crippen molar-refractivity contribution in [3.05, 3.63) is 28.8 Å². The first-order valence-corrected chi connectivity index (χ1v) is 6.97. The van der Waals surface area contributed by atoms with E-state index in [1.165, 1.54) is 0 Å². The minimum absolute atomic E-state index is 0.479. The summed E-state index contributed by atoms with van der Waals surface area (Å²) in [5.74, 6) is 1.16. The highest BCUT2D eigenvalue weighted by atomic mass is 35.5. The maximum absolute atomic E-state index is 10.2. The Bertz CT molecular complexity index is 405. The van der Waals surface area contributed by atoms with Gasteiger partial charge in [-0.05, 0) is 37.0 Å². The number of hydrogen-bond donors (Lipinski definition) is 2. The zero-order valence-corrected chi connectivity index (χ0v) is 12.9. The molecule has 0 radical (unpaired) electrons. The molecule has 0 aliphatic carbocycles. The van der Waals surface area contributed by atoms with Crippen LogP contribution in [0.15, 0.2) is 18.2 Å². The molecule has 0 aliphatic rings. The lowest BCUT2D eigenvalue weighted by atomic mass is 9.94. The smallest absolute Gasteiger partial charge is 0.137 e. The van der Waals surface area contributed by atoms with Crippen LogP contribution >= 0.6 is 11.6 Å². The first kappa shape index (κ1) is 16.3. The number of nitrogens with one attached hydrogen (secondary N) is 1. The summed E-state index contributed by atoms with van der Waals surface area (Å²) in [7, 11) is 1.60. The lowest BCUT2D eigenvalue weighted by molar-refractivity contribution is 0.0383. The van der Waals surface area contributed by atoms with Gasteiger partial charge < -0.3 is 15.2 Å². The second-order valence-corrected chi connectivity index (χ2v) is 6.07. The number of methoxy groups -OCH3 is 1. The minimum atomic E-state index is -0.676. The molecule has 0 heterocycles. The van der Waals surface area contributed by atoms with Gasteiger partial charge in [-0.15, -0.1) is 0 Å². The molecule has 19 heavy (non-hydrogen) atoms. The van der Waals surface area contributed by atoms with Crippen molar-refractivity contribution in [1.82, 2.24) is 5.32 Å². The number of rotatable bonds is 7. The third kappa shape index (κ3) is 5.81. The van der Waals surface area contributed by atoms with Crippen molar-refractivity contribution in [2.75, 3.05) is 13.7 Å². The Kier molecular flexibility index (Phi) is 6.11. The molecule has 0 saturated carbocycles. The van der Waals surface area contributed by atoms with Crippen molar-refractivity contribution in [1.29, 1.82) is 0 Å². The molecule has 3 nitrogen and oxygen atoms in total. The van der Waals surface area contributed by atoms with E-state index in [0.29, 0.717) is 29.8 Å². The quantitative estimate of drug-likeness (QED) is 0.808. The van der Waals surface area contributed by atoms with Crippen molar-refractivity contribution in [2.45, 2.75) is 39.3 Å². The SMILES string of the molecule is COc1ccc(CNCC(C)(O)CC(C)C)cc1Cl. The van der Waals surface area contributed by atoms with Gasteiger partial charge in [-0.3, -0.25) is 0 Å². The zero-order valence-electron chi connectivity index (χ0n) is 12.2. The number of halogens is 1. The normalized spacial score (nSPS) is 14.5. The summed E-state index contributed by atoms with van der Waals surface area (Å²) in [6.45, 7) is 7.32. The van der Waals surface area contributed by atoms with Crippen molar-refractivity contribution in [2.24, 2.45) is 5.92 Å². The summed E-state index contributed by atoms with van der Waals surface area (Å²) in [4.78, 5) is 0. The van der Waals surface area contributed by atoms with E-state index < -0.39 is 5.60 Å². The first-order valence-electron chi connectivity index (χ1n) is 6.59. The fourth-order valence-electron chi connectivity index (χ4n) is 2.25. The van der Waals surface area contributed by atoms with Gasteiger partial charge in [0.25, 0.3) is 0 Å². The molecule has 1 aromatic carbocycles. The first-order chi connectivity index (χ1) is 8.84. The van der Waals surface area contributed by atoms with Gasteiger partial charge in [0.2, 0.25) is 0 Å². The van der Waals surface area contributed by atoms with Crippen LogP contribution in [0, 0.1) is 5.92 Å². The average Bonchev–Trinajstić information content (AvgIpc) is 2.27. The Balaban J connectivity index is 2.47. The van der Waals surface area contributed by atoms with Crippen LogP contribution in [0.2, 0.25) is 5.02 Å². The van der Waals surface area contributed by atoms with Gasteiger partial charge in [-0.25, -0.2) is 0 Å². The van der Waals surface area contributed by atoms with E-state index in [0.717, 1.165) is 12.0 Å². The van der Waals surface area contributed by atoms with Crippen LogP contribution in [0.4, 0.5) is 0 Å². The second kappa shape index (κ2) is 7.13. The molecule has 0 aromatic heterocycles. The molecule has 4 heteroatoms. The minimum Gasteiger partial charge on any atom is -0.495 e. The summed E-state index contributed by atoms with van der Waals surface area (Å²) >= 11 is 6.07. The van der Waals surface area contributed by atoms with Crippen LogP contribution in [0.25, 0.3) is 0 Å². The van der Waals surface area contributed by atoms with Crippen LogP contribution in [0.5, 0.6) is 5.75 Å². The summed E-state index contributed by atoms with van der Waals surface area (Å²) in [5.41, 5.74) is 0.399. The van der Waals surface area contributed by atoms with E-state index in [9.17, 15) is 5.11 Å². The molecule has 0 bridgehead atoms. The summed E-state index contributed by atoms with van der Waals surface area (Å²) in [6.07, 6.45) is 0.781. The van der Waals surface area contributed by atoms with E-state index in [-0.39, 0.29) is 0 Å². The molecule has 1 rings (SSSR count). The van der Waals surface area contributed by atoms with E-state index in [1.54, 1.807) is 7.11 Å². The van der Waals surface area contributed by atoms with Gasteiger partial charge in [0.1, 0.15) is 5.75 Å². The van der Waals surface area contributed by atoms with Crippen LogP contribution in [0.1, 0.15) is 32.8 Å². The molecular weight excluding hydrogens is 262 g/mol. The number of benzene rings is 1. The van der Waals surface area contributed by atoms with Crippen LogP contribution in [0.3, 0.4) is 0 Å². The lowest BCUT2D eigenvalue weighted by Gasteiger charge is -2.25. The van der Waals surface area contributed by atoms with E-state index in [4.69, 9.17) is 16.3 Å². The molecule has 1 atom stereocenters. The lowest BCUT2D eigenvalue weighted by Crippen LogP contribution is -2.38. The topological polar surface area (TPSA) is 41.5 Å². The van der Waals surface area contributed by atoms with Gasteiger partial charge in [-0.1, -0.05) is 31.5 Å². The van der Waals surface area contributed by atoms with E-state index in [1.807, 2.05) is 25.1 Å². The summed E-state index contributed by atoms with van der Waals surface area (Å²) < 4.78 is 5.11. The highest BCUT2D eigenvalue weighted by Gasteiger charge is 2.21. The van der Waals surface area contributed by atoms with Gasteiger partial charge >= 0.3 is 0 Å². The molecule has 2 N–H and O–H groups in total. The largest absolute Gasteiger partial charge is 0.495 e. The van der Waals surface area contributed by atoms with Gasteiger partial charge in [0.05, 0.1) is 17.7 Å². The fraction of sp³-hybridized carbons (Fsp3) is 0.600. The maximum atomic E-state index is 10.2. The molecule has 0 aliphatic heterocycles. The third-order valence-electron chi connectivity index (χ3n) is 2.90. The Morgan fingerprint density at radius 1 is 1.42 bits per heavy atom. The zero-order chi connectivity index (χ0) is 14.5. The fourth-order valence-corrected chi connectivity index (χ4v) is 2.53. The highest BCUT2D eigenvalue weighted by Crippen LogP contribution is 2.24. The Morgan fingerprint density at radius 2 is 2.11 bits per heavy atom. The molecule has 1 unspecified atom stereocenters. The Labute approximate surface area is 120 Å². The monoisotopic (exact) mass is 285 g/mol. The van der Waals surface area contributed by atoms with E-state index >= 15 is 0 Å². The number of hydrogen-bond acceptors (Lipinski definition) is 3. The van der Waals surface area contributed by atoms with Crippen molar-refractivity contribution in [3.63, 3.8) is 0 Å². The van der Waals surface area contributed by atoms with Crippen LogP contribution in [-0.2, 0) is 6.54 Å². The number of ether oxygens (including phenoxy) is 1. The molecule has 0 spiro atoms. The Hall–Kier alpha value is -0.770. The van der Waals surface area contributed by atoms with Crippen molar-refractivity contribution < 1.29 is 9.84 Å². The second-order valence-electron chi connectivity index (χ2n) is 5.67. The summed E-state index contributed by atoms with van der Waals surface area (Å²) in [5, 5.41) is 14.1. The standard InChI is InChI=1S/C15H24ClNO2/c1-11(2)8-15(3,18)10-17-9-12-5-6-14(19-4)13(16)7-12/h5-7,11,17-18H,8-10H2,1-4H3.